The molecular formula is C20H21NO4. The smallest absolute Gasteiger partial charge is 0.339 e. The second-order valence-electron chi connectivity index (χ2n) is 6.14. The Balaban J connectivity index is 2.11. The zero-order valence-corrected chi connectivity index (χ0v) is 14.4. The van der Waals surface area contributed by atoms with Crippen molar-refractivity contribution in [1.82, 2.24) is 0 Å². The molecule has 5 heteroatoms. The summed E-state index contributed by atoms with van der Waals surface area (Å²) < 4.78 is 0. The van der Waals surface area contributed by atoms with E-state index in [4.69, 9.17) is 5.11 Å². The predicted octanol–water partition coefficient (Wildman–Crippen LogP) is 4.17. The van der Waals surface area contributed by atoms with Gasteiger partial charge in [0.15, 0.2) is 0 Å². The summed E-state index contributed by atoms with van der Waals surface area (Å²) in [4.78, 5) is 23.1. The number of nitrogens with one attached hydrogen (secondary N) is 1. The van der Waals surface area contributed by atoms with Crippen LogP contribution in [0.4, 0.5) is 5.69 Å². The van der Waals surface area contributed by atoms with Crippen molar-refractivity contribution in [3.05, 3.63) is 64.7 Å². The summed E-state index contributed by atoms with van der Waals surface area (Å²) in [5.41, 5.74) is 2.57. The molecule has 2 aromatic carbocycles. The fourth-order valence-electron chi connectivity index (χ4n) is 2.36. The van der Waals surface area contributed by atoms with Gasteiger partial charge in [-0.2, -0.15) is 0 Å². The first kappa shape index (κ1) is 18.3. The van der Waals surface area contributed by atoms with E-state index < -0.39 is 5.97 Å². The summed E-state index contributed by atoms with van der Waals surface area (Å²) in [5.74, 6) is -1.49. The van der Waals surface area contributed by atoms with E-state index in [2.05, 4.69) is 19.2 Å². The first-order valence-corrected chi connectivity index (χ1v) is 7.94. The first-order chi connectivity index (χ1) is 11.8. The summed E-state index contributed by atoms with van der Waals surface area (Å²) in [7, 11) is 0. The number of amides is 1. The number of hydrogen-bond donors (Lipinski definition) is 3. The van der Waals surface area contributed by atoms with Crippen LogP contribution >= 0.6 is 0 Å². The topological polar surface area (TPSA) is 86.6 Å². The quantitative estimate of drug-likeness (QED) is 0.563. The Morgan fingerprint density at radius 2 is 1.76 bits per heavy atom. The molecule has 3 N–H and O–H groups in total. The van der Waals surface area contributed by atoms with Crippen molar-refractivity contribution in [1.29, 1.82) is 0 Å². The lowest BCUT2D eigenvalue weighted by Gasteiger charge is -2.08. The van der Waals surface area contributed by atoms with Gasteiger partial charge in [0.25, 0.3) is 0 Å². The van der Waals surface area contributed by atoms with Crippen molar-refractivity contribution in [2.45, 2.75) is 26.7 Å². The number of carboxylic acids is 1. The molecule has 0 spiro atoms. The summed E-state index contributed by atoms with van der Waals surface area (Å²) in [6.45, 7) is 5.80. The Labute approximate surface area is 146 Å². The lowest BCUT2D eigenvalue weighted by molar-refractivity contribution is -0.111. The molecule has 0 aliphatic heterocycles. The van der Waals surface area contributed by atoms with Gasteiger partial charge >= 0.3 is 5.97 Å². The van der Waals surface area contributed by atoms with Crippen molar-refractivity contribution < 1.29 is 19.8 Å². The minimum Gasteiger partial charge on any atom is -0.507 e. The van der Waals surface area contributed by atoms with Crippen molar-refractivity contribution in [2.75, 3.05) is 5.32 Å². The number of carbonyl (C=O) groups excluding carboxylic acids is 1. The molecule has 0 fully saturated rings. The van der Waals surface area contributed by atoms with Crippen molar-refractivity contribution in [3.8, 4) is 5.75 Å². The highest BCUT2D eigenvalue weighted by Gasteiger charge is 2.14. The van der Waals surface area contributed by atoms with Gasteiger partial charge < -0.3 is 15.5 Å². The third-order valence-corrected chi connectivity index (χ3v) is 3.83. The van der Waals surface area contributed by atoms with Crippen LogP contribution in [-0.4, -0.2) is 22.1 Å². The van der Waals surface area contributed by atoms with E-state index >= 15 is 0 Å². The van der Waals surface area contributed by atoms with Gasteiger partial charge in [-0.25, -0.2) is 4.79 Å². The van der Waals surface area contributed by atoms with Gasteiger partial charge in [-0.15, -0.1) is 0 Å². The molecule has 0 radical (unpaired) electrons. The molecule has 0 aliphatic rings. The molecule has 5 nitrogen and oxygen atoms in total. The van der Waals surface area contributed by atoms with Crippen molar-refractivity contribution >= 4 is 23.6 Å². The van der Waals surface area contributed by atoms with Crippen LogP contribution in [0.1, 0.15) is 46.8 Å². The standard InChI is InChI=1S/C20H21NO4/c1-12(2)15-7-4-14(5-8-15)6-9-18(22)21-16-10-13(3)19(23)17(11-16)20(24)25/h4-12,23H,1-3H3,(H,21,22)(H,24,25)/b9-6+. The second kappa shape index (κ2) is 7.66. The van der Waals surface area contributed by atoms with E-state index in [0.717, 1.165) is 5.56 Å². The van der Waals surface area contributed by atoms with Gasteiger partial charge in [0.05, 0.1) is 0 Å². The highest BCUT2D eigenvalue weighted by Crippen LogP contribution is 2.26. The Morgan fingerprint density at radius 3 is 2.32 bits per heavy atom. The van der Waals surface area contributed by atoms with Crippen LogP contribution < -0.4 is 5.32 Å². The minimum atomic E-state index is -1.25. The number of carboxylic acid groups (broad SMARTS) is 1. The van der Waals surface area contributed by atoms with E-state index in [1.54, 1.807) is 13.0 Å². The maximum absolute atomic E-state index is 12.0. The fourth-order valence-corrected chi connectivity index (χ4v) is 2.36. The maximum atomic E-state index is 12.0. The number of benzene rings is 2. The summed E-state index contributed by atoms with van der Waals surface area (Å²) in [5, 5.41) is 21.4. The number of anilines is 1. The molecule has 0 unspecified atom stereocenters. The highest BCUT2D eigenvalue weighted by molar-refractivity contribution is 6.03. The molecular weight excluding hydrogens is 318 g/mol. The molecule has 2 rings (SSSR count). The average molecular weight is 339 g/mol. The monoisotopic (exact) mass is 339 g/mol. The van der Waals surface area contributed by atoms with Gasteiger partial charge in [-0.3, -0.25) is 4.79 Å². The lowest BCUT2D eigenvalue weighted by Crippen LogP contribution is -2.09. The molecule has 0 bridgehead atoms. The molecule has 1 amide bonds. The van der Waals surface area contributed by atoms with Crippen LogP contribution in [0.15, 0.2) is 42.5 Å². The number of aryl methyl sites for hydroxylation is 1. The summed E-state index contributed by atoms with van der Waals surface area (Å²) in [6.07, 6.45) is 3.07. The van der Waals surface area contributed by atoms with Gasteiger partial charge in [-0.1, -0.05) is 38.1 Å². The van der Waals surface area contributed by atoms with E-state index in [0.29, 0.717) is 17.2 Å². The third kappa shape index (κ3) is 4.70. The average Bonchev–Trinajstić information content (AvgIpc) is 2.56. The van der Waals surface area contributed by atoms with Crippen LogP contribution in [0.25, 0.3) is 6.08 Å². The van der Waals surface area contributed by atoms with E-state index in [1.165, 1.54) is 23.8 Å². The van der Waals surface area contributed by atoms with Crippen LogP contribution in [0, 0.1) is 6.92 Å². The fraction of sp³-hybridized carbons (Fsp3) is 0.200. The zero-order chi connectivity index (χ0) is 18.6. The number of aromatic hydroxyl groups is 1. The van der Waals surface area contributed by atoms with Crippen LogP contribution in [0.5, 0.6) is 5.75 Å². The predicted molar refractivity (Wildman–Crippen MR) is 98.0 cm³/mol. The number of rotatable bonds is 5. The van der Waals surface area contributed by atoms with E-state index in [1.807, 2.05) is 24.3 Å². The molecule has 2 aromatic rings. The minimum absolute atomic E-state index is 0.247. The van der Waals surface area contributed by atoms with E-state index in [-0.39, 0.29) is 17.2 Å². The molecule has 0 heterocycles. The zero-order valence-electron chi connectivity index (χ0n) is 14.4. The highest BCUT2D eigenvalue weighted by atomic mass is 16.4. The second-order valence-corrected chi connectivity index (χ2v) is 6.14. The Hall–Kier alpha value is -3.08. The molecule has 25 heavy (non-hydrogen) atoms. The first-order valence-electron chi connectivity index (χ1n) is 7.94. The Bertz CT molecular complexity index is 820. The number of phenols is 1. The molecule has 130 valence electrons. The van der Waals surface area contributed by atoms with E-state index in [9.17, 15) is 14.7 Å². The Kier molecular flexibility index (Phi) is 5.60. The molecule has 0 aliphatic carbocycles. The molecule has 0 atom stereocenters. The third-order valence-electron chi connectivity index (χ3n) is 3.83. The summed E-state index contributed by atoms with van der Waals surface area (Å²) in [6, 6.07) is 10.7. The number of aromatic carboxylic acids is 1. The maximum Gasteiger partial charge on any atom is 0.339 e. The van der Waals surface area contributed by atoms with Gasteiger partial charge in [0, 0.05) is 11.8 Å². The van der Waals surface area contributed by atoms with Crippen molar-refractivity contribution in [2.24, 2.45) is 0 Å². The largest absolute Gasteiger partial charge is 0.507 e. The number of hydrogen-bond acceptors (Lipinski definition) is 3. The molecule has 0 aromatic heterocycles. The number of carbonyl (C=O) groups is 2. The van der Waals surface area contributed by atoms with Crippen LogP contribution in [0.2, 0.25) is 0 Å². The van der Waals surface area contributed by atoms with Gasteiger partial charge in [0.1, 0.15) is 11.3 Å². The molecule has 0 saturated carbocycles. The van der Waals surface area contributed by atoms with Crippen molar-refractivity contribution in [3.63, 3.8) is 0 Å². The lowest BCUT2D eigenvalue weighted by atomic mass is 10.0. The van der Waals surface area contributed by atoms with Gasteiger partial charge in [-0.05, 0) is 47.7 Å². The normalized spacial score (nSPS) is 11.0. The summed E-state index contributed by atoms with van der Waals surface area (Å²) >= 11 is 0. The van der Waals surface area contributed by atoms with Crippen LogP contribution in [0.3, 0.4) is 0 Å². The molecule has 0 saturated heterocycles. The Morgan fingerprint density at radius 1 is 1.12 bits per heavy atom. The SMILES string of the molecule is Cc1cc(NC(=O)/C=C/c2ccc(C(C)C)cc2)cc(C(=O)O)c1O. The van der Waals surface area contributed by atoms with Crippen LogP contribution in [-0.2, 0) is 4.79 Å². The van der Waals surface area contributed by atoms with Gasteiger partial charge in [0.2, 0.25) is 5.91 Å².